The molecule has 3 N–H and O–H groups in total. The SMILES string of the molecule is CC(C)=Cc1cc(-c2cnn(C(CO)CO)c2)c2c(c1)C(O)(C(F)(F)F)c1ccccc1-2. The van der Waals surface area contributed by atoms with Gasteiger partial charge < -0.3 is 15.3 Å². The molecule has 5 nitrogen and oxygen atoms in total. The molecular formula is C24H23F3N2O3. The number of alkyl halides is 3. The molecule has 2 aromatic carbocycles. The summed E-state index contributed by atoms with van der Waals surface area (Å²) < 4.78 is 44.3. The topological polar surface area (TPSA) is 78.5 Å². The van der Waals surface area contributed by atoms with Gasteiger partial charge in [-0.2, -0.15) is 18.3 Å². The Morgan fingerprint density at radius 2 is 1.78 bits per heavy atom. The molecule has 168 valence electrons. The standard InChI is InChI=1S/C24H23F3N2O3/c1-14(2)7-15-8-19(16-10-28-29(11-16)17(12-30)13-31)22-18-5-3-4-6-20(18)23(32,21(22)9-15)24(25,26)27/h3-11,17,30-32H,12-13H2,1-2H3. The van der Waals surface area contributed by atoms with Crippen LogP contribution in [0.3, 0.4) is 0 Å². The molecule has 1 atom stereocenters. The third-order valence-electron chi connectivity index (χ3n) is 5.71. The number of hydrogen-bond acceptors (Lipinski definition) is 4. The van der Waals surface area contributed by atoms with Crippen molar-refractivity contribution in [3.05, 3.63) is 71.1 Å². The van der Waals surface area contributed by atoms with E-state index in [9.17, 15) is 28.5 Å². The fourth-order valence-corrected chi connectivity index (χ4v) is 4.25. The van der Waals surface area contributed by atoms with E-state index in [1.54, 1.807) is 30.5 Å². The van der Waals surface area contributed by atoms with Crippen molar-refractivity contribution in [2.45, 2.75) is 31.7 Å². The van der Waals surface area contributed by atoms with Crippen LogP contribution < -0.4 is 0 Å². The second-order valence-electron chi connectivity index (χ2n) is 8.19. The van der Waals surface area contributed by atoms with Gasteiger partial charge in [0, 0.05) is 22.9 Å². The highest BCUT2D eigenvalue weighted by molar-refractivity contribution is 5.93. The average Bonchev–Trinajstić information content (AvgIpc) is 3.31. The number of fused-ring (bicyclic) bond motifs is 3. The number of hydrogen-bond donors (Lipinski definition) is 3. The van der Waals surface area contributed by atoms with Crippen molar-refractivity contribution in [2.75, 3.05) is 13.2 Å². The van der Waals surface area contributed by atoms with E-state index in [-0.39, 0.29) is 29.9 Å². The van der Waals surface area contributed by atoms with Crippen LogP contribution in [0, 0.1) is 0 Å². The van der Waals surface area contributed by atoms with Gasteiger partial charge in [-0.15, -0.1) is 0 Å². The van der Waals surface area contributed by atoms with E-state index in [1.165, 1.54) is 29.1 Å². The molecule has 0 radical (unpaired) electrons. The van der Waals surface area contributed by atoms with Crippen LogP contribution in [0.2, 0.25) is 0 Å². The lowest BCUT2D eigenvalue weighted by atomic mass is 9.87. The van der Waals surface area contributed by atoms with E-state index in [2.05, 4.69) is 5.10 Å². The lowest BCUT2D eigenvalue weighted by Gasteiger charge is -2.28. The molecule has 0 aliphatic heterocycles. The van der Waals surface area contributed by atoms with Crippen LogP contribution in [0.15, 0.2) is 54.4 Å². The third kappa shape index (κ3) is 3.35. The maximum absolute atomic E-state index is 14.3. The van der Waals surface area contributed by atoms with Gasteiger partial charge in [0.1, 0.15) is 0 Å². The fraction of sp³-hybridized carbons (Fsp3) is 0.292. The summed E-state index contributed by atoms with van der Waals surface area (Å²) in [5, 5.41) is 34.2. The molecule has 3 aromatic rings. The van der Waals surface area contributed by atoms with Gasteiger partial charge in [0.2, 0.25) is 5.60 Å². The lowest BCUT2D eigenvalue weighted by Crippen LogP contribution is -2.41. The maximum Gasteiger partial charge on any atom is 0.425 e. The molecule has 1 aliphatic rings. The molecule has 1 aromatic heterocycles. The number of aromatic nitrogens is 2. The first-order valence-electron chi connectivity index (χ1n) is 10.1. The van der Waals surface area contributed by atoms with Crippen LogP contribution in [-0.4, -0.2) is 44.5 Å². The van der Waals surface area contributed by atoms with E-state index < -0.39 is 17.8 Å². The van der Waals surface area contributed by atoms with Gasteiger partial charge in [0.05, 0.1) is 25.5 Å². The highest BCUT2D eigenvalue weighted by Gasteiger charge is 2.61. The Morgan fingerprint density at radius 3 is 2.41 bits per heavy atom. The first kappa shape index (κ1) is 22.3. The lowest BCUT2D eigenvalue weighted by molar-refractivity contribution is -0.246. The molecule has 8 heteroatoms. The Kier molecular flexibility index (Phi) is 5.48. The van der Waals surface area contributed by atoms with Crippen molar-refractivity contribution < 1.29 is 28.5 Å². The van der Waals surface area contributed by atoms with Crippen molar-refractivity contribution in [1.82, 2.24) is 9.78 Å². The highest BCUT2D eigenvalue weighted by atomic mass is 19.4. The molecule has 0 saturated heterocycles. The van der Waals surface area contributed by atoms with Crippen LogP contribution in [0.1, 0.15) is 36.6 Å². The Bertz CT molecular complexity index is 1190. The van der Waals surface area contributed by atoms with E-state index in [0.29, 0.717) is 22.3 Å². The molecule has 0 bridgehead atoms. The number of rotatable bonds is 5. The molecule has 1 heterocycles. The number of nitrogens with zero attached hydrogens (tertiary/aromatic N) is 2. The summed E-state index contributed by atoms with van der Waals surface area (Å²) in [6, 6.07) is 8.45. The predicted molar refractivity (Wildman–Crippen MR) is 115 cm³/mol. The Hall–Kier alpha value is -2.94. The molecule has 1 aliphatic carbocycles. The number of allylic oxidation sites excluding steroid dienone is 1. The second-order valence-corrected chi connectivity index (χ2v) is 8.19. The maximum atomic E-state index is 14.3. The van der Waals surface area contributed by atoms with Crippen LogP contribution in [0.25, 0.3) is 28.3 Å². The van der Waals surface area contributed by atoms with Crippen LogP contribution >= 0.6 is 0 Å². The monoisotopic (exact) mass is 444 g/mol. The zero-order valence-electron chi connectivity index (χ0n) is 17.6. The smallest absolute Gasteiger partial charge is 0.394 e. The first-order valence-corrected chi connectivity index (χ1v) is 10.1. The van der Waals surface area contributed by atoms with Gasteiger partial charge >= 0.3 is 6.18 Å². The minimum atomic E-state index is -4.93. The first-order chi connectivity index (χ1) is 15.1. The van der Waals surface area contributed by atoms with Gasteiger partial charge in [0.15, 0.2) is 0 Å². The Balaban J connectivity index is 2.05. The van der Waals surface area contributed by atoms with Gasteiger partial charge in [-0.1, -0.05) is 35.9 Å². The minimum absolute atomic E-state index is 0.214. The average molecular weight is 444 g/mol. The summed E-state index contributed by atoms with van der Waals surface area (Å²) in [5.41, 5.74) is -0.611. The summed E-state index contributed by atoms with van der Waals surface area (Å²) in [5.74, 6) is 0. The number of benzene rings is 2. The molecule has 0 amide bonds. The zero-order valence-corrected chi connectivity index (χ0v) is 17.6. The quantitative estimate of drug-likeness (QED) is 0.549. The Labute approximate surface area is 183 Å². The summed E-state index contributed by atoms with van der Waals surface area (Å²) in [4.78, 5) is 0. The molecular weight excluding hydrogens is 421 g/mol. The van der Waals surface area contributed by atoms with Crippen molar-refractivity contribution in [2.24, 2.45) is 0 Å². The van der Waals surface area contributed by atoms with Crippen molar-refractivity contribution in [3.8, 4) is 22.3 Å². The molecule has 4 rings (SSSR count). The zero-order chi connectivity index (χ0) is 23.3. The van der Waals surface area contributed by atoms with Gasteiger partial charge in [-0.25, -0.2) is 0 Å². The van der Waals surface area contributed by atoms with Crippen molar-refractivity contribution >= 4 is 6.08 Å². The normalized spacial score (nSPS) is 17.4. The van der Waals surface area contributed by atoms with Crippen LogP contribution in [-0.2, 0) is 5.60 Å². The number of aliphatic hydroxyl groups is 3. The van der Waals surface area contributed by atoms with E-state index >= 15 is 0 Å². The fourth-order valence-electron chi connectivity index (χ4n) is 4.25. The number of halogens is 3. The highest BCUT2D eigenvalue weighted by Crippen LogP contribution is 2.57. The summed E-state index contributed by atoms with van der Waals surface area (Å²) in [6.45, 7) is 2.99. The van der Waals surface area contributed by atoms with Crippen LogP contribution in [0.4, 0.5) is 13.2 Å². The molecule has 0 saturated carbocycles. The van der Waals surface area contributed by atoms with Gasteiger partial charge in [-0.05, 0) is 48.2 Å². The molecule has 0 spiro atoms. The molecule has 1 unspecified atom stereocenters. The van der Waals surface area contributed by atoms with Gasteiger partial charge in [0.25, 0.3) is 0 Å². The minimum Gasteiger partial charge on any atom is -0.394 e. The third-order valence-corrected chi connectivity index (χ3v) is 5.71. The summed E-state index contributed by atoms with van der Waals surface area (Å²) >= 11 is 0. The number of aliphatic hydroxyl groups excluding tert-OH is 2. The van der Waals surface area contributed by atoms with E-state index in [1.807, 2.05) is 13.8 Å². The van der Waals surface area contributed by atoms with E-state index in [4.69, 9.17) is 0 Å². The summed E-state index contributed by atoms with van der Waals surface area (Å²) in [6.07, 6.45) is -0.128. The second kappa shape index (κ2) is 7.88. The van der Waals surface area contributed by atoms with Crippen LogP contribution in [0.5, 0.6) is 0 Å². The largest absolute Gasteiger partial charge is 0.425 e. The predicted octanol–water partition coefficient (Wildman–Crippen LogP) is 4.28. The van der Waals surface area contributed by atoms with E-state index in [0.717, 1.165) is 5.57 Å². The Morgan fingerprint density at radius 1 is 1.09 bits per heavy atom. The summed E-state index contributed by atoms with van der Waals surface area (Å²) in [7, 11) is 0. The molecule has 32 heavy (non-hydrogen) atoms. The van der Waals surface area contributed by atoms with Crippen molar-refractivity contribution in [1.29, 1.82) is 0 Å². The molecule has 0 fully saturated rings. The van der Waals surface area contributed by atoms with Gasteiger partial charge in [-0.3, -0.25) is 4.68 Å². The van der Waals surface area contributed by atoms with Crippen molar-refractivity contribution in [3.63, 3.8) is 0 Å².